The van der Waals surface area contributed by atoms with Crippen LogP contribution in [0.4, 0.5) is 0 Å². The van der Waals surface area contributed by atoms with Crippen LogP contribution < -0.4 is 10.5 Å². The average Bonchev–Trinajstić information content (AvgIpc) is 3.08. The van der Waals surface area contributed by atoms with E-state index >= 15 is 0 Å². The van der Waals surface area contributed by atoms with Crippen LogP contribution in [0, 0.1) is 19.3 Å². The molecule has 0 aromatic heterocycles. The molecule has 0 radical (unpaired) electrons. The highest BCUT2D eigenvalue weighted by molar-refractivity contribution is 5.43. The highest BCUT2D eigenvalue weighted by Gasteiger charge is 2.41. The molecule has 2 N–H and O–H groups in total. The molecule has 0 saturated heterocycles. The summed E-state index contributed by atoms with van der Waals surface area (Å²) in [7, 11) is 3.93. The van der Waals surface area contributed by atoms with Crippen LogP contribution in [0.5, 0.6) is 5.75 Å². The number of hydrogen-bond acceptors (Lipinski definition) is 3. The second kappa shape index (κ2) is 5.51. The van der Waals surface area contributed by atoms with Gasteiger partial charge >= 0.3 is 0 Å². The molecule has 1 aromatic carbocycles. The Morgan fingerprint density at radius 1 is 1.32 bits per heavy atom. The molecule has 2 rings (SSSR count). The molecule has 0 unspecified atom stereocenters. The number of ether oxygens (including phenoxy) is 1. The number of methoxy groups -OCH3 is 1. The van der Waals surface area contributed by atoms with Gasteiger partial charge in [0.1, 0.15) is 5.75 Å². The van der Waals surface area contributed by atoms with E-state index in [9.17, 15) is 0 Å². The minimum Gasteiger partial charge on any atom is -0.496 e. The second-order valence-electron chi connectivity index (χ2n) is 6.15. The number of benzene rings is 1. The Bertz CT molecular complexity index is 452. The Balaban J connectivity index is 2.09. The lowest BCUT2D eigenvalue weighted by Gasteiger charge is -2.24. The molecule has 1 fully saturated rings. The van der Waals surface area contributed by atoms with Crippen molar-refractivity contribution in [1.82, 2.24) is 4.90 Å². The van der Waals surface area contributed by atoms with Crippen molar-refractivity contribution in [2.45, 2.75) is 33.2 Å². The lowest BCUT2D eigenvalue weighted by Crippen LogP contribution is -2.31. The number of aryl methyl sites for hydroxylation is 2. The fraction of sp³-hybridized carbons (Fsp3) is 0.625. The molecule has 1 aliphatic carbocycles. The van der Waals surface area contributed by atoms with E-state index in [0.29, 0.717) is 5.41 Å². The van der Waals surface area contributed by atoms with Gasteiger partial charge in [-0.3, -0.25) is 0 Å². The molecular formula is C16H26N2O. The Hall–Kier alpha value is -1.06. The maximum atomic E-state index is 5.86. The Kier molecular flexibility index (Phi) is 4.16. The molecule has 0 atom stereocenters. The summed E-state index contributed by atoms with van der Waals surface area (Å²) in [5.41, 5.74) is 10.0. The minimum absolute atomic E-state index is 0.390. The quantitative estimate of drug-likeness (QED) is 0.856. The first-order valence-corrected chi connectivity index (χ1v) is 7.02. The maximum absolute atomic E-state index is 5.86. The van der Waals surface area contributed by atoms with Gasteiger partial charge in [0.2, 0.25) is 0 Å². The van der Waals surface area contributed by atoms with E-state index in [-0.39, 0.29) is 0 Å². The lowest BCUT2D eigenvalue weighted by atomic mass is 10.0. The van der Waals surface area contributed by atoms with Crippen LogP contribution in [0.25, 0.3) is 0 Å². The van der Waals surface area contributed by atoms with Crippen LogP contribution in [-0.2, 0) is 6.54 Å². The zero-order chi connectivity index (χ0) is 14.0. The van der Waals surface area contributed by atoms with E-state index in [1.54, 1.807) is 7.11 Å². The third-order valence-electron chi connectivity index (χ3n) is 4.14. The van der Waals surface area contributed by atoms with E-state index in [0.717, 1.165) is 25.4 Å². The molecule has 0 amide bonds. The normalized spacial score (nSPS) is 16.7. The highest BCUT2D eigenvalue weighted by atomic mass is 16.5. The summed E-state index contributed by atoms with van der Waals surface area (Å²) in [6.07, 6.45) is 2.55. The molecule has 3 heteroatoms. The largest absolute Gasteiger partial charge is 0.496 e. The lowest BCUT2D eigenvalue weighted by molar-refractivity contribution is 0.255. The summed E-state index contributed by atoms with van der Waals surface area (Å²) in [4.78, 5) is 2.37. The standard InChI is InChI=1S/C16H26N2O/c1-12-7-13(2)15(19-4)14(8-12)9-18(3)11-16(10-17)5-6-16/h7-8H,5-6,9-11,17H2,1-4H3. The van der Waals surface area contributed by atoms with Crippen LogP contribution in [0.15, 0.2) is 12.1 Å². The van der Waals surface area contributed by atoms with Crippen molar-refractivity contribution in [2.75, 3.05) is 27.2 Å². The predicted molar refractivity (Wildman–Crippen MR) is 79.5 cm³/mol. The SMILES string of the molecule is COc1c(C)cc(C)cc1CN(C)CC1(CN)CC1. The second-order valence-corrected chi connectivity index (χ2v) is 6.15. The third kappa shape index (κ3) is 3.28. The van der Waals surface area contributed by atoms with Crippen molar-refractivity contribution in [2.24, 2.45) is 11.1 Å². The first-order valence-electron chi connectivity index (χ1n) is 7.02. The fourth-order valence-electron chi connectivity index (χ4n) is 2.97. The summed E-state index contributed by atoms with van der Waals surface area (Å²) >= 11 is 0. The third-order valence-corrected chi connectivity index (χ3v) is 4.14. The number of nitrogens with two attached hydrogens (primary N) is 1. The van der Waals surface area contributed by atoms with E-state index < -0.39 is 0 Å². The molecule has 3 nitrogen and oxygen atoms in total. The molecule has 0 aliphatic heterocycles. The fourth-order valence-corrected chi connectivity index (χ4v) is 2.97. The Morgan fingerprint density at radius 3 is 2.53 bits per heavy atom. The molecule has 0 bridgehead atoms. The smallest absolute Gasteiger partial charge is 0.126 e. The Morgan fingerprint density at radius 2 is 2.00 bits per heavy atom. The highest BCUT2D eigenvalue weighted by Crippen LogP contribution is 2.45. The summed E-state index contributed by atoms with van der Waals surface area (Å²) < 4.78 is 5.55. The van der Waals surface area contributed by atoms with Gasteiger partial charge in [0, 0.05) is 18.7 Å². The number of rotatable bonds is 6. The first kappa shape index (κ1) is 14.4. The van der Waals surface area contributed by atoms with Gasteiger partial charge in [-0.1, -0.05) is 17.7 Å². The van der Waals surface area contributed by atoms with E-state index in [4.69, 9.17) is 10.5 Å². The first-order chi connectivity index (χ1) is 8.99. The van der Waals surface area contributed by atoms with Crippen molar-refractivity contribution in [3.63, 3.8) is 0 Å². The van der Waals surface area contributed by atoms with Gasteiger partial charge in [-0.05, 0) is 51.3 Å². The van der Waals surface area contributed by atoms with Crippen molar-refractivity contribution >= 4 is 0 Å². The van der Waals surface area contributed by atoms with Crippen LogP contribution in [0.3, 0.4) is 0 Å². The summed E-state index contributed by atoms with van der Waals surface area (Å²) in [6, 6.07) is 4.40. The predicted octanol–water partition coefficient (Wildman–Crippen LogP) is 2.48. The summed E-state index contributed by atoms with van der Waals surface area (Å²) in [5, 5.41) is 0. The van der Waals surface area contributed by atoms with Gasteiger partial charge in [-0.25, -0.2) is 0 Å². The molecule has 19 heavy (non-hydrogen) atoms. The molecule has 1 aromatic rings. The van der Waals surface area contributed by atoms with E-state index in [1.165, 1.54) is 29.5 Å². The zero-order valence-electron chi connectivity index (χ0n) is 12.6. The molecule has 0 spiro atoms. The van der Waals surface area contributed by atoms with Crippen molar-refractivity contribution in [3.8, 4) is 5.75 Å². The van der Waals surface area contributed by atoms with Gasteiger partial charge in [0.25, 0.3) is 0 Å². The number of hydrogen-bond donors (Lipinski definition) is 1. The zero-order valence-corrected chi connectivity index (χ0v) is 12.6. The van der Waals surface area contributed by atoms with Crippen LogP contribution >= 0.6 is 0 Å². The summed E-state index contributed by atoms with van der Waals surface area (Å²) in [6.45, 7) is 7.06. The van der Waals surface area contributed by atoms with Crippen LogP contribution in [-0.4, -0.2) is 32.1 Å². The molecule has 1 aliphatic rings. The van der Waals surface area contributed by atoms with E-state index in [2.05, 4.69) is 37.9 Å². The maximum Gasteiger partial charge on any atom is 0.126 e. The van der Waals surface area contributed by atoms with Crippen molar-refractivity contribution in [3.05, 3.63) is 28.8 Å². The molecule has 106 valence electrons. The van der Waals surface area contributed by atoms with Gasteiger partial charge < -0.3 is 15.4 Å². The number of nitrogens with zero attached hydrogens (tertiary/aromatic N) is 1. The van der Waals surface area contributed by atoms with E-state index in [1.807, 2.05) is 0 Å². The van der Waals surface area contributed by atoms with Gasteiger partial charge in [-0.2, -0.15) is 0 Å². The van der Waals surface area contributed by atoms with Gasteiger partial charge in [-0.15, -0.1) is 0 Å². The molecular weight excluding hydrogens is 236 g/mol. The van der Waals surface area contributed by atoms with Gasteiger partial charge in [0.15, 0.2) is 0 Å². The van der Waals surface area contributed by atoms with Crippen molar-refractivity contribution in [1.29, 1.82) is 0 Å². The van der Waals surface area contributed by atoms with Crippen LogP contribution in [0.2, 0.25) is 0 Å². The van der Waals surface area contributed by atoms with Crippen molar-refractivity contribution < 1.29 is 4.74 Å². The van der Waals surface area contributed by atoms with Crippen LogP contribution in [0.1, 0.15) is 29.5 Å². The summed E-state index contributed by atoms with van der Waals surface area (Å²) in [5.74, 6) is 1.02. The average molecular weight is 262 g/mol. The molecule has 0 heterocycles. The monoisotopic (exact) mass is 262 g/mol. The molecule has 1 saturated carbocycles. The minimum atomic E-state index is 0.390. The topological polar surface area (TPSA) is 38.5 Å². The Labute approximate surface area is 116 Å². The van der Waals surface area contributed by atoms with Gasteiger partial charge in [0.05, 0.1) is 7.11 Å².